The molecule has 0 bridgehead atoms. The van der Waals surface area contributed by atoms with Crippen molar-refractivity contribution in [3.63, 3.8) is 0 Å². The molecule has 0 nitrogen and oxygen atoms in total. The van der Waals surface area contributed by atoms with E-state index < -0.39 is 0 Å². The second-order valence-corrected chi connectivity index (χ2v) is 4.41. The van der Waals surface area contributed by atoms with Gasteiger partial charge in [0.15, 0.2) is 0 Å². The van der Waals surface area contributed by atoms with E-state index in [-0.39, 0.29) is 0 Å². The Bertz CT molecular complexity index is 188. The van der Waals surface area contributed by atoms with E-state index in [1.54, 1.807) is 5.57 Å². The molecule has 0 N–H and O–H groups in total. The summed E-state index contributed by atoms with van der Waals surface area (Å²) in [6, 6.07) is 0. The quantitative estimate of drug-likeness (QED) is 0.515. The minimum atomic E-state index is 0.793. The van der Waals surface area contributed by atoms with Crippen LogP contribution in [-0.4, -0.2) is 0 Å². The molecule has 82 valence electrons. The summed E-state index contributed by atoms with van der Waals surface area (Å²) in [6.45, 7) is 11.1. The van der Waals surface area contributed by atoms with E-state index in [4.69, 9.17) is 0 Å². The molecule has 0 saturated carbocycles. The normalized spacial score (nSPS) is 12.0. The van der Waals surface area contributed by atoms with Gasteiger partial charge in [0.1, 0.15) is 0 Å². The van der Waals surface area contributed by atoms with Gasteiger partial charge in [0.2, 0.25) is 0 Å². The summed E-state index contributed by atoms with van der Waals surface area (Å²) in [5, 5.41) is 0. The molecule has 0 atom stereocenters. The SMILES string of the molecule is CCC(/C=C(/C)CCC=C(C)C)CC. The molecule has 0 saturated heterocycles. The van der Waals surface area contributed by atoms with Crippen molar-refractivity contribution in [2.24, 2.45) is 5.92 Å². The highest BCUT2D eigenvalue weighted by atomic mass is 14.0. The van der Waals surface area contributed by atoms with Crippen LogP contribution in [0.25, 0.3) is 0 Å². The van der Waals surface area contributed by atoms with E-state index in [2.05, 4.69) is 46.8 Å². The summed E-state index contributed by atoms with van der Waals surface area (Å²) >= 11 is 0. The van der Waals surface area contributed by atoms with Gasteiger partial charge in [-0.05, 0) is 52.4 Å². The Morgan fingerprint density at radius 1 is 1.07 bits per heavy atom. The first-order valence-corrected chi connectivity index (χ1v) is 5.90. The minimum Gasteiger partial charge on any atom is -0.0856 e. The Morgan fingerprint density at radius 3 is 2.07 bits per heavy atom. The molecule has 0 rings (SSSR count). The van der Waals surface area contributed by atoms with Gasteiger partial charge >= 0.3 is 0 Å². The fourth-order valence-electron chi connectivity index (χ4n) is 1.60. The lowest BCUT2D eigenvalue weighted by Gasteiger charge is -2.08. The molecular weight excluding hydrogens is 168 g/mol. The van der Waals surface area contributed by atoms with Crippen molar-refractivity contribution in [2.45, 2.75) is 60.3 Å². The van der Waals surface area contributed by atoms with Crippen LogP contribution >= 0.6 is 0 Å². The summed E-state index contributed by atoms with van der Waals surface area (Å²) in [5.41, 5.74) is 2.98. The van der Waals surface area contributed by atoms with Crippen LogP contribution in [-0.2, 0) is 0 Å². The average molecular weight is 194 g/mol. The van der Waals surface area contributed by atoms with Gasteiger partial charge in [-0.15, -0.1) is 0 Å². The predicted molar refractivity (Wildman–Crippen MR) is 66.5 cm³/mol. The maximum atomic E-state index is 2.46. The number of hydrogen-bond acceptors (Lipinski definition) is 0. The summed E-state index contributed by atoms with van der Waals surface area (Å²) in [5.74, 6) is 0.793. The highest BCUT2D eigenvalue weighted by Crippen LogP contribution is 2.15. The molecule has 0 aliphatic heterocycles. The number of allylic oxidation sites excluding steroid dienone is 4. The van der Waals surface area contributed by atoms with Gasteiger partial charge in [-0.25, -0.2) is 0 Å². The van der Waals surface area contributed by atoms with Crippen molar-refractivity contribution >= 4 is 0 Å². The van der Waals surface area contributed by atoms with Crippen LogP contribution in [0.4, 0.5) is 0 Å². The lowest BCUT2D eigenvalue weighted by Crippen LogP contribution is -1.92. The number of rotatable bonds is 6. The molecule has 0 heteroatoms. The summed E-state index contributed by atoms with van der Waals surface area (Å²) in [6.07, 6.45) is 9.75. The van der Waals surface area contributed by atoms with Gasteiger partial charge in [-0.3, -0.25) is 0 Å². The van der Waals surface area contributed by atoms with E-state index in [1.165, 1.54) is 31.3 Å². The molecule has 0 aliphatic carbocycles. The standard InChI is InChI=1S/C14H26/c1-6-14(7-2)11-13(5)10-8-9-12(3)4/h9,11,14H,6-8,10H2,1-5H3/b13-11-. The third kappa shape index (κ3) is 6.94. The highest BCUT2D eigenvalue weighted by molar-refractivity contribution is 5.03. The first-order chi connectivity index (χ1) is 6.60. The molecule has 0 radical (unpaired) electrons. The Labute approximate surface area is 90.1 Å². The zero-order valence-electron chi connectivity index (χ0n) is 10.6. The van der Waals surface area contributed by atoms with E-state index in [0.29, 0.717) is 0 Å². The zero-order chi connectivity index (χ0) is 11.0. The third-order valence-electron chi connectivity index (χ3n) is 2.66. The second kappa shape index (κ2) is 7.84. The molecule has 0 aromatic heterocycles. The van der Waals surface area contributed by atoms with Gasteiger partial charge < -0.3 is 0 Å². The first-order valence-electron chi connectivity index (χ1n) is 5.90. The van der Waals surface area contributed by atoms with Crippen LogP contribution in [0.5, 0.6) is 0 Å². The van der Waals surface area contributed by atoms with E-state index in [9.17, 15) is 0 Å². The van der Waals surface area contributed by atoms with Crippen LogP contribution in [0.1, 0.15) is 60.3 Å². The average Bonchev–Trinajstić information content (AvgIpc) is 2.13. The summed E-state index contributed by atoms with van der Waals surface area (Å²) in [7, 11) is 0. The van der Waals surface area contributed by atoms with Crippen LogP contribution in [0.2, 0.25) is 0 Å². The smallest absolute Gasteiger partial charge is 0.0236 e. The molecule has 0 unspecified atom stereocenters. The maximum Gasteiger partial charge on any atom is -0.0236 e. The van der Waals surface area contributed by atoms with Crippen LogP contribution in [0, 0.1) is 5.92 Å². The zero-order valence-corrected chi connectivity index (χ0v) is 10.6. The summed E-state index contributed by atoms with van der Waals surface area (Å²) < 4.78 is 0. The fourth-order valence-corrected chi connectivity index (χ4v) is 1.60. The molecule has 14 heavy (non-hydrogen) atoms. The molecular formula is C14H26. The van der Waals surface area contributed by atoms with Crippen molar-refractivity contribution in [1.82, 2.24) is 0 Å². The molecule has 0 heterocycles. The lowest BCUT2D eigenvalue weighted by atomic mass is 9.98. The van der Waals surface area contributed by atoms with Gasteiger partial charge in [-0.2, -0.15) is 0 Å². The molecule has 0 aromatic carbocycles. The van der Waals surface area contributed by atoms with Crippen molar-refractivity contribution in [1.29, 1.82) is 0 Å². The highest BCUT2D eigenvalue weighted by Gasteiger charge is 1.99. The van der Waals surface area contributed by atoms with E-state index in [1.807, 2.05) is 0 Å². The maximum absolute atomic E-state index is 2.46. The molecule has 0 aliphatic rings. The van der Waals surface area contributed by atoms with Gasteiger partial charge in [-0.1, -0.05) is 37.1 Å². The van der Waals surface area contributed by atoms with Crippen LogP contribution < -0.4 is 0 Å². The predicted octanol–water partition coefficient (Wildman–Crippen LogP) is 5.12. The van der Waals surface area contributed by atoms with Crippen molar-refractivity contribution in [3.05, 3.63) is 23.3 Å². The molecule has 0 spiro atoms. The molecule has 0 amide bonds. The van der Waals surface area contributed by atoms with E-state index in [0.717, 1.165) is 5.92 Å². The second-order valence-electron chi connectivity index (χ2n) is 4.41. The van der Waals surface area contributed by atoms with Crippen molar-refractivity contribution < 1.29 is 0 Å². The Morgan fingerprint density at radius 2 is 1.64 bits per heavy atom. The Hall–Kier alpha value is -0.520. The third-order valence-corrected chi connectivity index (χ3v) is 2.66. The number of hydrogen-bond donors (Lipinski definition) is 0. The van der Waals surface area contributed by atoms with Crippen LogP contribution in [0.15, 0.2) is 23.3 Å². The Kier molecular flexibility index (Phi) is 7.55. The Balaban J connectivity index is 3.93. The summed E-state index contributed by atoms with van der Waals surface area (Å²) in [4.78, 5) is 0. The fraction of sp³-hybridized carbons (Fsp3) is 0.714. The van der Waals surface area contributed by atoms with Gasteiger partial charge in [0, 0.05) is 0 Å². The topological polar surface area (TPSA) is 0 Å². The monoisotopic (exact) mass is 194 g/mol. The largest absolute Gasteiger partial charge is 0.0856 e. The molecule has 0 aromatic rings. The van der Waals surface area contributed by atoms with Gasteiger partial charge in [0.25, 0.3) is 0 Å². The van der Waals surface area contributed by atoms with Crippen molar-refractivity contribution in [2.75, 3.05) is 0 Å². The van der Waals surface area contributed by atoms with Gasteiger partial charge in [0.05, 0.1) is 0 Å². The van der Waals surface area contributed by atoms with Crippen LogP contribution in [0.3, 0.4) is 0 Å². The first kappa shape index (κ1) is 13.5. The lowest BCUT2D eigenvalue weighted by molar-refractivity contribution is 0.599. The van der Waals surface area contributed by atoms with E-state index >= 15 is 0 Å². The van der Waals surface area contributed by atoms with Crippen molar-refractivity contribution in [3.8, 4) is 0 Å². The molecule has 0 fully saturated rings. The minimum absolute atomic E-state index is 0.793.